The van der Waals surface area contributed by atoms with Crippen LogP contribution < -0.4 is 5.32 Å². The second kappa shape index (κ2) is 7.80. The smallest absolute Gasteiger partial charge is 0.222 e. The Kier molecular flexibility index (Phi) is 6.33. The quantitative estimate of drug-likeness (QED) is 0.866. The number of carbonyl (C=O) groups is 1. The van der Waals surface area contributed by atoms with Gasteiger partial charge in [0, 0.05) is 38.2 Å². The maximum absolute atomic E-state index is 12.4. The number of piperidine rings is 1. The van der Waals surface area contributed by atoms with E-state index < -0.39 is 0 Å². The van der Waals surface area contributed by atoms with Gasteiger partial charge in [-0.3, -0.25) is 4.79 Å². The molecule has 3 rings (SSSR count). The van der Waals surface area contributed by atoms with Crippen LogP contribution in [0.15, 0.2) is 0 Å². The van der Waals surface area contributed by atoms with Crippen molar-refractivity contribution < 1.29 is 9.53 Å². The zero-order valence-corrected chi connectivity index (χ0v) is 13.9. The molecule has 0 aliphatic carbocycles. The number of hydrogen-bond acceptors (Lipinski definition) is 3. The lowest BCUT2D eigenvalue weighted by Crippen LogP contribution is -2.48. The SMILES string of the molecule is CN(C(=O)CCC1CCCCO1)C1CC2CCC(C1)N2.Cl. The maximum Gasteiger partial charge on any atom is 0.222 e. The van der Waals surface area contributed by atoms with E-state index in [1.807, 2.05) is 11.9 Å². The van der Waals surface area contributed by atoms with Gasteiger partial charge in [0.2, 0.25) is 5.91 Å². The fourth-order valence-corrected chi connectivity index (χ4v) is 4.04. The predicted octanol–water partition coefficient (Wildman–Crippen LogP) is 2.50. The van der Waals surface area contributed by atoms with Gasteiger partial charge in [0.1, 0.15) is 0 Å². The summed E-state index contributed by atoms with van der Waals surface area (Å²) in [6, 6.07) is 1.75. The average Bonchev–Trinajstić information content (AvgIpc) is 2.83. The summed E-state index contributed by atoms with van der Waals surface area (Å²) < 4.78 is 5.72. The number of halogens is 1. The Morgan fingerprint density at radius 1 is 1.19 bits per heavy atom. The monoisotopic (exact) mass is 316 g/mol. The highest BCUT2D eigenvalue weighted by atomic mass is 35.5. The molecule has 0 saturated carbocycles. The molecule has 0 spiro atoms. The molecule has 3 saturated heterocycles. The van der Waals surface area contributed by atoms with E-state index in [2.05, 4.69) is 5.32 Å². The summed E-state index contributed by atoms with van der Waals surface area (Å²) in [5.41, 5.74) is 0. The van der Waals surface area contributed by atoms with Crippen LogP contribution in [0.25, 0.3) is 0 Å². The largest absolute Gasteiger partial charge is 0.378 e. The van der Waals surface area contributed by atoms with E-state index in [1.54, 1.807) is 0 Å². The first kappa shape index (κ1) is 17.0. The number of ether oxygens (including phenoxy) is 1. The number of hydrogen-bond donors (Lipinski definition) is 1. The predicted molar refractivity (Wildman–Crippen MR) is 85.8 cm³/mol. The Labute approximate surface area is 134 Å². The molecule has 122 valence electrons. The molecule has 3 heterocycles. The molecule has 1 N–H and O–H groups in total. The van der Waals surface area contributed by atoms with E-state index in [9.17, 15) is 4.79 Å². The summed E-state index contributed by atoms with van der Waals surface area (Å²) in [5, 5.41) is 3.64. The number of rotatable bonds is 4. The Balaban J connectivity index is 0.00000161. The lowest BCUT2D eigenvalue weighted by molar-refractivity contribution is -0.133. The van der Waals surface area contributed by atoms with Crippen molar-refractivity contribution in [3.63, 3.8) is 0 Å². The highest BCUT2D eigenvalue weighted by Gasteiger charge is 2.36. The van der Waals surface area contributed by atoms with Gasteiger partial charge >= 0.3 is 0 Å². The standard InChI is InChI=1S/C16H28N2O2.ClH/c1-18(14-10-12-5-6-13(11-14)17-12)16(19)8-7-15-4-2-3-9-20-15;/h12-15,17H,2-11H2,1H3;1H. The summed E-state index contributed by atoms with van der Waals surface area (Å²) in [7, 11) is 2.00. The van der Waals surface area contributed by atoms with Gasteiger partial charge in [-0.25, -0.2) is 0 Å². The molecule has 5 heteroatoms. The highest BCUT2D eigenvalue weighted by Crippen LogP contribution is 2.29. The van der Waals surface area contributed by atoms with E-state index in [-0.39, 0.29) is 12.4 Å². The Bertz CT molecular complexity index is 335. The summed E-state index contributed by atoms with van der Waals surface area (Å²) in [6.45, 7) is 0.881. The normalized spacial score (nSPS) is 35.1. The fraction of sp³-hybridized carbons (Fsp3) is 0.938. The van der Waals surface area contributed by atoms with Crippen LogP contribution in [0.3, 0.4) is 0 Å². The minimum Gasteiger partial charge on any atom is -0.378 e. The summed E-state index contributed by atoms with van der Waals surface area (Å²) in [6.07, 6.45) is 10.3. The molecular weight excluding hydrogens is 288 g/mol. The van der Waals surface area contributed by atoms with E-state index in [0.717, 1.165) is 32.3 Å². The van der Waals surface area contributed by atoms with E-state index in [0.29, 0.717) is 36.6 Å². The Morgan fingerprint density at radius 2 is 1.90 bits per heavy atom. The van der Waals surface area contributed by atoms with Crippen LogP contribution >= 0.6 is 12.4 Å². The summed E-state index contributed by atoms with van der Waals surface area (Å²) >= 11 is 0. The van der Waals surface area contributed by atoms with Crippen molar-refractivity contribution in [1.29, 1.82) is 0 Å². The van der Waals surface area contributed by atoms with Gasteiger partial charge in [-0.2, -0.15) is 0 Å². The van der Waals surface area contributed by atoms with Gasteiger partial charge in [0.05, 0.1) is 6.10 Å². The third-order valence-electron chi connectivity index (χ3n) is 5.34. The summed E-state index contributed by atoms with van der Waals surface area (Å²) in [5.74, 6) is 0.311. The zero-order chi connectivity index (χ0) is 13.9. The number of fused-ring (bicyclic) bond motifs is 2. The molecule has 1 amide bonds. The van der Waals surface area contributed by atoms with Crippen LogP contribution in [0.5, 0.6) is 0 Å². The lowest BCUT2D eigenvalue weighted by Gasteiger charge is -2.36. The van der Waals surface area contributed by atoms with Crippen LogP contribution in [0.1, 0.15) is 57.8 Å². The molecule has 0 aromatic rings. The van der Waals surface area contributed by atoms with Gasteiger partial charge in [-0.1, -0.05) is 0 Å². The first-order valence-electron chi connectivity index (χ1n) is 8.35. The average molecular weight is 317 g/mol. The van der Waals surface area contributed by atoms with Crippen LogP contribution in [-0.4, -0.2) is 48.7 Å². The molecule has 0 radical (unpaired) electrons. The molecule has 2 bridgehead atoms. The molecule has 3 unspecified atom stereocenters. The van der Waals surface area contributed by atoms with E-state index in [4.69, 9.17) is 4.74 Å². The topological polar surface area (TPSA) is 41.6 Å². The van der Waals surface area contributed by atoms with Crippen molar-refractivity contribution in [3.05, 3.63) is 0 Å². The molecule has 3 aliphatic heterocycles. The fourth-order valence-electron chi connectivity index (χ4n) is 4.04. The first-order chi connectivity index (χ1) is 9.72. The molecule has 3 fully saturated rings. The molecule has 0 aromatic heterocycles. The second-order valence-corrected chi connectivity index (χ2v) is 6.79. The molecule has 3 aliphatic rings. The van der Waals surface area contributed by atoms with Crippen LogP contribution in [0.2, 0.25) is 0 Å². The van der Waals surface area contributed by atoms with E-state index >= 15 is 0 Å². The third kappa shape index (κ3) is 4.33. The van der Waals surface area contributed by atoms with Crippen molar-refractivity contribution >= 4 is 18.3 Å². The maximum atomic E-state index is 12.4. The van der Waals surface area contributed by atoms with Gasteiger partial charge in [-0.15, -0.1) is 12.4 Å². The molecule has 4 nitrogen and oxygen atoms in total. The molecule has 3 atom stereocenters. The van der Waals surface area contributed by atoms with Gasteiger partial charge < -0.3 is 15.0 Å². The first-order valence-corrected chi connectivity index (χ1v) is 8.35. The van der Waals surface area contributed by atoms with Crippen LogP contribution in [0.4, 0.5) is 0 Å². The van der Waals surface area contributed by atoms with Crippen LogP contribution in [-0.2, 0) is 9.53 Å². The van der Waals surface area contributed by atoms with Crippen molar-refractivity contribution in [3.8, 4) is 0 Å². The summed E-state index contributed by atoms with van der Waals surface area (Å²) in [4.78, 5) is 14.4. The molecule has 21 heavy (non-hydrogen) atoms. The van der Waals surface area contributed by atoms with Gasteiger partial charge in [-0.05, 0) is 51.4 Å². The third-order valence-corrected chi connectivity index (χ3v) is 5.34. The second-order valence-electron chi connectivity index (χ2n) is 6.79. The van der Waals surface area contributed by atoms with Crippen molar-refractivity contribution in [2.24, 2.45) is 0 Å². The Morgan fingerprint density at radius 3 is 2.52 bits per heavy atom. The van der Waals surface area contributed by atoms with Crippen molar-refractivity contribution in [2.45, 2.75) is 82.0 Å². The zero-order valence-electron chi connectivity index (χ0n) is 13.1. The minimum atomic E-state index is 0. The Hall–Kier alpha value is -0.320. The van der Waals surface area contributed by atoms with Gasteiger partial charge in [0.15, 0.2) is 0 Å². The number of nitrogens with one attached hydrogen (secondary N) is 1. The van der Waals surface area contributed by atoms with E-state index in [1.165, 1.54) is 25.7 Å². The molecular formula is C16H29ClN2O2. The highest BCUT2D eigenvalue weighted by molar-refractivity contribution is 5.85. The molecule has 0 aromatic carbocycles. The van der Waals surface area contributed by atoms with Crippen LogP contribution in [0, 0.1) is 0 Å². The van der Waals surface area contributed by atoms with Crippen molar-refractivity contribution in [2.75, 3.05) is 13.7 Å². The lowest BCUT2D eigenvalue weighted by atomic mass is 9.97. The van der Waals surface area contributed by atoms with Crippen molar-refractivity contribution in [1.82, 2.24) is 10.2 Å². The number of nitrogens with zero attached hydrogens (tertiary/aromatic N) is 1. The van der Waals surface area contributed by atoms with Gasteiger partial charge in [0.25, 0.3) is 0 Å². The minimum absolute atomic E-state index is 0. The number of carbonyl (C=O) groups excluding carboxylic acids is 1. The number of amides is 1.